The van der Waals surface area contributed by atoms with E-state index in [4.69, 9.17) is 14.5 Å². The zero-order valence-electron chi connectivity index (χ0n) is 20.4. The quantitative estimate of drug-likeness (QED) is 0.534. The van der Waals surface area contributed by atoms with Crippen LogP contribution >= 0.6 is 0 Å². The molecule has 0 N–H and O–H groups in total. The molecule has 0 bridgehead atoms. The van der Waals surface area contributed by atoms with E-state index < -0.39 is 0 Å². The highest BCUT2D eigenvalue weighted by atomic mass is 16.5. The van der Waals surface area contributed by atoms with Gasteiger partial charge in [0.15, 0.2) is 11.5 Å². The molecule has 0 radical (unpaired) electrons. The maximum Gasteiger partial charge on any atom is 0.204 e. The van der Waals surface area contributed by atoms with Crippen LogP contribution in [-0.2, 0) is 6.54 Å². The summed E-state index contributed by atoms with van der Waals surface area (Å²) in [6.07, 6.45) is 1.05. The maximum atomic E-state index is 5.98. The number of ether oxygens (including phenoxy) is 2. The Hall–Kier alpha value is -3.26. The molecule has 1 fully saturated rings. The molecule has 2 aliphatic heterocycles. The van der Waals surface area contributed by atoms with Crippen LogP contribution in [0.15, 0.2) is 41.4 Å². The van der Waals surface area contributed by atoms with Crippen molar-refractivity contribution in [2.45, 2.75) is 45.7 Å². The summed E-state index contributed by atoms with van der Waals surface area (Å²) in [7, 11) is 2.19. The summed E-state index contributed by atoms with van der Waals surface area (Å²) in [5, 5.41) is 12.7. The number of hydrogen-bond acceptors (Lipinski definition) is 7. The fraction of sp³-hybridized carbons (Fsp3) is 0.462. The molecule has 1 saturated heterocycles. The Morgan fingerprint density at radius 2 is 1.68 bits per heavy atom. The number of aliphatic imine (C=N–C) groups is 1. The molecular formula is C26H32N6O2. The first-order valence-electron chi connectivity index (χ1n) is 12.2. The van der Waals surface area contributed by atoms with Gasteiger partial charge in [0.1, 0.15) is 0 Å². The van der Waals surface area contributed by atoms with Gasteiger partial charge in [0.05, 0.1) is 31.5 Å². The third kappa shape index (κ3) is 4.18. The van der Waals surface area contributed by atoms with Crippen LogP contribution < -0.4 is 9.47 Å². The Morgan fingerprint density at radius 3 is 2.35 bits per heavy atom. The fourth-order valence-electron chi connectivity index (χ4n) is 4.92. The summed E-state index contributed by atoms with van der Waals surface area (Å²) < 4.78 is 11.9. The molecule has 2 aliphatic rings. The number of rotatable bonds is 7. The second kappa shape index (κ2) is 9.54. The van der Waals surface area contributed by atoms with E-state index in [2.05, 4.69) is 51.6 Å². The van der Waals surface area contributed by atoms with Gasteiger partial charge in [-0.3, -0.25) is 4.99 Å². The number of fused-ring (bicyclic) bond motifs is 3. The lowest BCUT2D eigenvalue weighted by atomic mass is 9.79. The molecule has 8 heteroatoms. The van der Waals surface area contributed by atoms with Crippen molar-refractivity contribution in [2.24, 2.45) is 4.99 Å². The molecule has 3 aromatic rings. The largest absolute Gasteiger partial charge is 0.490 e. The fourth-order valence-corrected chi connectivity index (χ4v) is 4.92. The Kier molecular flexibility index (Phi) is 6.32. The van der Waals surface area contributed by atoms with E-state index in [1.165, 1.54) is 5.56 Å². The second-order valence-electron chi connectivity index (χ2n) is 8.83. The van der Waals surface area contributed by atoms with Crippen LogP contribution in [0.2, 0.25) is 0 Å². The van der Waals surface area contributed by atoms with E-state index >= 15 is 0 Å². The Morgan fingerprint density at radius 1 is 0.971 bits per heavy atom. The lowest BCUT2D eigenvalue weighted by Crippen LogP contribution is -2.41. The summed E-state index contributed by atoms with van der Waals surface area (Å²) >= 11 is 0. The predicted molar refractivity (Wildman–Crippen MR) is 132 cm³/mol. The van der Waals surface area contributed by atoms with Gasteiger partial charge in [0.25, 0.3) is 0 Å². The minimum Gasteiger partial charge on any atom is -0.490 e. The van der Waals surface area contributed by atoms with Crippen LogP contribution in [0.1, 0.15) is 49.8 Å². The number of benzene rings is 2. The van der Waals surface area contributed by atoms with Gasteiger partial charge in [-0.05, 0) is 63.7 Å². The molecule has 178 valence electrons. The topological polar surface area (TPSA) is 77.7 Å². The molecule has 3 heterocycles. The molecule has 8 nitrogen and oxygen atoms in total. The minimum atomic E-state index is 0.261. The van der Waals surface area contributed by atoms with Gasteiger partial charge in [-0.15, -0.1) is 10.2 Å². The van der Waals surface area contributed by atoms with Gasteiger partial charge in [-0.25, -0.2) is 0 Å². The molecule has 34 heavy (non-hydrogen) atoms. The Balaban J connectivity index is 1.57. The van der Waals surface area contributed by atoms with Gasteiger partial charge >= 0.3 is 0 Å². The first kappa shape index (κ1) is 22.5. The monoisotopic (exact) mass is 460 g/mol. The van der Waals surface area contributed by atoms with E-state index in [0.29, 0.717) is 31.5 Å². The van der Waals surface area contributed by atoms with Gasteiger partial charge in [0, 0.05) is 29.2 Å². The van der Waals surface area contributed by atoms with Crippen LogP contribution in [0.5, 0.6) is 11.5 Å². The zero-order valence-corrected chi connectivity index (χ0v) is 20.4. The van der Waals surface area contributed by atoms with Crippen molar-refractivity contribution in [3.8, 4) is 22.9 Å². The number of aromatic nitrogens is 4. The second-order valence-corrected chi connectivity index (χ2v) is 8.83. The number of likely N-dealkylation sites (tertiary alicyclic amines) is 1. The van der Waals surface area contributed by atoms with E-state index in [1.54, 1.807) is 4.80 Å². The average molecular weight is 461 g/mol. The third-order valence-electron chi connectivity index (χ3n) is 6.60. The standard InChI is InChI=1S/C26H32N6O2/c1-5-32-29-26(28-30-32)18-10-8-17(9-11-18)25-20-15-24(34-7-3)23(33-6-2)14-19(20)21-16-31(4)13-12-22(21)27-25/h8-11,14-15,21-22H,5-7,12-13,16H2,1-4H3/t21-,22-/m1/s1. The molecular weight excluding hydrogens is 428 g/mol. The van der Waals surface area contributed by atoms with E-state index in [0.717, 1.165) is 53.4 Å². The van der Waals surface area contributed by atoms with Gasteiger partial charge in [-0.2, -0.15) is 4.80 Å². The third-order valence-corrected chi connectivity index (χ3v) is 6.60. The van der Waals surface area contributed by atoms with Crippen molar-refractivity contribution in [2.75, 3.05) is 33.4 Å². The molecule has 0 unspecified atom stereocenters. The van der Waals surface area contributed by atoms with Crippen LogP contribution in [0.4, 0.5) is 0 Å². The van der Waals surface area contributed by atoms with Crippen LogP contribution in [0.3, 0.4) is 0 Å². The van der Waals surface area contributed by atoms with Crippen LogP contribution in [0.25, 0.3) is 11.4 Å². The maximum absolute atomic E-state index is 5.98. The number of piperidine rings is 1. The molecule has 2 atom stereocenters. The average Bonchev–Trinajstić information content (AvgIpc) is 3.34. The molecule has 1 aromatic heterocycles. The van der Waals surface area contributed by atoms with Crippen molar-refractivity contribution in [1.82, 2.24) is 25.1 Å². The number of nitrogens with zero attached hydrogens (tertiary/aromatic N) is 6. The van der Waals surface area contributed by atoms with Crippen molar-refractivity contribution >= 4 is 5.71 Å². The van der Waals surface area contributed by atoms with Gasteiger partial charge in [-0.1, -0.05) is 24.3 Å². The summed E-state index contributed by atoms with van der Waals surface area (Å²) in [5.41, 5.74) is 5.47. The highest BCUT2D eigenvalue weighted by molar-refractivity contribution is 6.15. The molecule has 0 saturated carbocycles. The first-order chi connectivity index (χ1) is 16.6. The first-order valence-corrected chi connectivity index (χ1v) is 12.2. The predicted octanol–water partition coefficient (Wildman–Crippen LogP) is 3.80. The van der Waals surface area contributed by atoms with Crippen molar-refractivity contribution in [3.63, 3.8) is 0 Å². The van der Waals surface area contributed by atoms with E-state index in [-0.39, 0.29) is 6.04 Å². The van der Waals surface area contributed by atoms with Gasteiger partial charge < -0.3 is 14.4 Å². The molecule has 0 aliphatic carbocycles. The number of aryl methyl sites for hydroxylation is 1. The lowest BCUT2D eigenvalue weighted by Gasteiger charge is -2.39. The van der Waals surface area contributed by atoms with Crippen molar-refractivity contribution in [1.29, 1.82) is 0 Å². The highest BCUT2D eigenvalue weighted by Gasteiger charge is 2.36. The van der Waals surface area contributed by atoms with Crippen molar-refractivity contribution in [3.05, 3.63) is 53.1 Å². The number of hydrogen-bond donors (Lipinski definition) is 0. The number of likely N-dealkylation sites (N-methyl/N-ethyl adjacent to an activating group) is 1. The van der Waals surface area contributed by atoms with Gasteiger partial charge in [0.2, 0.25) is 5.82 Å². The molecule has 5 rings (SSSR count). The molecule has 2 aromatic carbocycles. The zero-order chi connectivity index (χ0) is 23.7. The number of tetrazole rings is 1. The van der Waals surface area contributed by atoms with E-state index in [1.807, 2.05) is 32.9 Å². The summed E-state index contributed by atoms with van der Waals surface area (Å²) in [5.74, 6) is 2.57. The highest BCUT2D eigenvalue weighted by Crippen LogP contribution is 2.42. The minimum absolute atomic E-state index is 0.261. The Bertz CT molecular complexity index is 1190. The molecule has 0 spiro atoms. The summed E-state index contributed by atoms with van der Waals surface area (Å²) in [4.78, 5) is 9.28. The smallest absolute Gasteiger partial charge is 0.204 e. The van der Waals surface area contributed by atoms with Crippen molar-refractivity contribution < 1.29 is 9.47 Å². The normalized spacial score (nSPS) is 19.8. The van der Waals surface area contributed by atoms with Crippen LogP contribution in [-0.4, -0.2) is 70.2 Å². The van der Waals surface area contributed by atoms with Crippen LogP contribution in [0, 0.1) is 0 Å². The SMILES string of the molecule is CCOc1cc2c(cc1OCC)[C@H]1CN(C)CC[C@H]1N=C2c1ccc(-c2nnn(CC)n2)cc1. The lowest BCUT2D eigenvalue weighted by molar-refractivity contribution is 0.226. The summed E-state index contributed by atoms with van der Waals surface area (Å²) in [6, 6.07) is 12.9. The van der Waals surface area contributed by atoms with E-state index in [9.17, 15) is 0 Å². The molecule has 0 amide bonds. The summed E-state index contributed by atoms with van der Waals surface area (Å²) in [6.45, 7) is 9.93. The Labute approximate surface area is 200 Å².